The number of benzene rings is 2. The Bertz CT molecular complexity index is 936. The van der Waals surface area contributed by atoms with Crippen LogP contribution >= 0.6 is 15.9 Å². The number of carboxylic acids is 1. The summed E-state index contributed by atoms with van der Waals surface area (Å²) in [7, 11) is 0. The van der Waals surface area contributed by atoms with Crippen LogP contribution in [0.5, 0.6) is 5.75 Å². The summed E-state index contributed by atoms with van der Waals surface area (Å²) < 4.78 is 6.77. The monoisotopic (exact) mass is 430 g/mol. The van der Waals surface area contributed by atoms with Gasteiger partial charge in [0.2, 0.25) is 0 Å². The molecular weight excluding hydrogens is 408 g/mol. The number of nitrogens with one attached hydrogen (secondary N) is 2. The highest BCUT2D eigenvalue weighted by atomic mass is 79.9. The van der Waals surface area contributed by atoms with E-state index in [0.29, 0.717) is 13.0 Å². The summed E-state index contributed by atoms with van der Waals surface area (Å²) in [6, 6.07) is 13.0. The van der Waals surface area contributed by atoms with Crippen LogP contribution in [-0.4, -0.2) is 28.2 Å². The molecule has 0 spiro atoms. The van der Waals surface area contributed by atoms with Crippen LogP contribution in [0.3, 0.4) is 0 Å². The topological polar surface area (TPSA) is 74.3 Å². The first-order valence-corrected chi connectivity index (χ1v) is 9.69. The SMILES string of the molecule is CC(C)Oc1ccc(Br)cc1CN[C@@H](Cc1c[nH]c2ccccc12)C(=O)O. The zero-order valence-corrected chi connectivity index (χ0v) is 16.9. The number of hydrogen-bond acceptors (Lipinski definition) is 3. The van der Waals surface area contributed by atoms with Gasteiger partial charge in [0, 0.05) is 40.1 Å². The molecule has 3 aromatic rings. The van der Waals surface area contributed by atoms with Crippen molar-refractivity contribution < 1.29 is 14.6 Å². The van der Waals surface area contributed by atoms with Crippen molar-refractivity contribution in [3.8, 4) is 5.75 Å². The maximum absolute atomic E-state index is 11.8. The van der Waals surface area contributed by atoms with Crippen LogP contribution in [0, 0.1) is 0 Å². The minimum atomic E-state index is -0.874. The molecule has 3 N–H and O–H groups in total. The van der Waals surface area contributed by atoms with E-state index < -0.39 is 12.0 Å². The van der Waals surface area contributed by atoms with Gasteiger partial charge in [-0.05, 0) is 43.7 Å². The normalized spacial score (nSPS) is 12.4. The lowest BCUT2D eigenvalue weighted by Crippen LogP contribution is -2.38. The highest BCUT2D eigenvalue weighted by molar-refractivity contribution is 9.10. The summed E-state index contributed by atoms with van der Waals surface area (Å²) in [5.41, 5.74) is 2.91. The Balaban J connectivity index is 1.76. The Morgan fingerprint density at radius 3 is 2.74 bits per heavy atom. The maximum atomic E-state index is 11.8. The number of aromatic nitrogens is 1. The van der Waals surface area contributed by atoms with Crippen molar-refractivity contribution in [2.45, 2.75) is 39.0 Å². The number of aliphatic carboxylic acids is 1. The van der Waals surface area contributed by atoms with Crippen molar-refractivity contribution in [1.82, 2.24) is 10.3 Å². The van der Waals surface area contributed by atoms with Crippen LogP contribution in [0.4, 0.5) is 0 Å². The van der Waals surface area contributed by atoms with Crippen LogP contribution in [0.2, 0.25) is 0 Å². The van der Waals surface area contributed by atoms with E-state index in [0.717, 1.165) is 32.3 Å². The third-order valence-electron chi connectivity index (χ3n) is 4.32. The van der Waals surface area contributed by atoms with Gasteiger partial charge in [0.1, 0.15) is 11.8 Å². The standard InChI is InChI=1S/C21H23BrN2O3/c1-13(2)27-20-8-7-16(22)9-15(20)12-24-19(21(25)26)10-14-11-23-18-6-4-3-5-17(14)18/h3-9,11,13,19,23-24H,10,12H2,1-2H3,(H,25,26)/t19-/m0/s1. The average molecular weight is 431 g/mol. The van der Waals surface area contributed by atoms with Crippen LogP contribution in [-0.2, 0) is 17.8 Å². The van der Waals surface area contributed by atoms with Crippen LogP contribution in [0.15, 0.2) is 53.1 Å². The number of aromatic amines is 1. The van der Waals surface area contributed by atoms with E-state index in [2.05, 4.69) is 26.2 Å². The van der Waals surface area contributed by atoms with Gasteiger partial charge in [-0.2, -0.15) is 0 Å². The van der Waals surface area contributed by atoms with E-state index in [9.17, 15) is 9.90 Å². The summed E-state index contributed by atoms with van der Waals surface area (Å²) in [4.78, 5) is 15.0. The van der Waals surface area contributed by atoms with Gasteiger partial charge >= 0.3 is 5.97 Å². The second kappa shape index (κ2) is 8.59. The molecule has 0 bridgehead atoms. The summed E-state index contributed by atoms with van der Waals surface area (Å²) >= 11 is 3.47. The summed E-state index contributed by atoms with van der Waals surface area (Å²) in [6.45, 7) is 4.34. The highest BCUT2D eigenvalue weighted by Gasteiger charge is 2.20. The smallest absolute Gasteiger partial charge is 0.321 e. The number of ether oxygens (including phenoxy) is 1. The number of carbonyl (C=O) groups is 1. The van der Waals surface area contributed by atoms with Crippen molar-refractivity contribution in [3.05, 3.63) is 64.3 Å². The van der Waals surface area contributed by atoms with Gasteiger partial charge in [-0.15, -0.1) is 0 Å². The number of hydrogen-bond donors (Lipinski definition) is 3. The third-order valence-corrected chi connectivity index (χ3v) is 4.81. The van der Waals surface area contributed by atoms with E-state index in [1.807, 2.05) is 62.5 Å². The molecule has 27 heavy (non-hydrogen) atoms. The number of halogens is 1. The number of para-hydroxylation sites is 1. The van der Waals surface area contributed by atoms with Gasteiger partial charge < -0.3 is 14.8 Å². The zero-order valence-electron chi connectivity index (χ0n) is 15.3. The molecule has 0 aliphatic carbocycles. The first-order chi connectivity index (χ1) is 12.9. The summed E-state index contributed by atoms with van der Waals surface area (Å²) in [5, 5.41) is 13.9. The van der Waals surface area contributed by atoms with E-state index >= 15 is 0 Å². The number of fused-ring (bicyclic) bond motifs is 1. The summed E-state index contributed by atoms with van der Waals surface area (Å²) in [6.07, 6.45) is 2.33. The van der Waals surface area contributed by atoms with Crippen molar-refractivity contribution in [2.75, 3.05) is 0 Å². The van der Waals surface area contributed by atoms with Gasteiger partial charge in [0.05, 0.1) is 6.10 Å². The van der Waals surface area contributed by atoms with Crippen molar-refractivity contribution in [3.63, 3.8) is 0 Å². The first-order valence-electron chi connectivity index (χ1n) is 8.90. The average Bonchev–Trinajstić information content (AvgIpc) is 3.03. The van der Waals surface area contributed by atoms with E-state index in [-0.39, 0.29) is 6.10 Å². The molecule has 1 aromatic heterocycles. The molecule has 3 rings (SSSR count). The molecule has 6 heteroatoms. The molecule has 0 radical (unpaired) electrons. The lowest BCUT2D eigenvalue weighted by atomic mass is 10.0. The molecule has 0 saturated heterocycles. The van der Waals surface area contributed by atoms with E-state index in [1.54, 1.807) is 0 Å². The quantitative estimate of drug-likeness (QED) is 0.491. The number of rotatable bonds is 8. The fourth-order valence-electron chi connectivity index (χ4n) is 3.06. The Morgan fingerprint density at radius 1 is 1.22 bits per heavy atom. The Labute approximate surface area is 166 Å². The molecule has 1 atom stereocenters. The lowest BCUT2D eigenvalue weighted by molar-refractivity contribution is -0.139. The number of carboxylic acid groups (broad SMARTS) is 1. The number of H-pyrrole nitrogens is 1. The van der Waals surface area contributed by atoms with Gasteiger partial charge in [-0.25, -0.2) is 0 Å². The van der Waals surface area contributed by atoms with Crippen LogP contribution in [0.1, 0.15) is 25.0 Å². The minimum absolute atomic E-state index is 0.0476. The third kappa shape index (κ3) is 4.90. The molecular formula is C21H23BrN2O3. The van der Waals surface area contributed by atoms with E-state index in [4.69, 9.17) is 4.74 Å². The molecule has 0 saturated carbocycles. The van der Waals surface area contributed by atoms with Gasteiger partial charge in [0.15, 0.2) is 0 Å². The predicted octanol–water partition coefficient (Wildman–Crippen LogP) is 4.50. The fraction of sp³-hybridized carbons (Fsp3) is 0.286. The largest absolute Gasteiger partial charge is 0.491 e. The Kier molecular flexibility index (Phi) is 6.19. The molecule has 1 heterocycles. The molecule has 2 aromatic carbocycles. The van der Waals surface area contributed by atoms with Crippen molar-refractivity contribution in [1.29, 1.82) is 0 Å². The summed E-state index contributed by atoms with van der Waals surface area (Å²) in [5.74, 6) is -0.112. The predicted molar refractivity (Wildman–Crippen MR) is 110 cm³/mol. The minimum Gasteiger partial charge on any atom is -0.491 e. The van der Waals surface area contributed by atoms with Gasteiger partial charge in [0.25, 0.3) is 0 Å². The highest BCUT2D eigenvalue weighted by Crippen LogP contribution is 2.25. The van der Waals surface area contributed by atoms with Gasteiger partial charge in [-0.1, -0.05) is 34.1 Å². The van der Waals surface area contributed by atoms with E-state index in [1.165, 1.54) is 0 Å². The Morgan fingerprint density at radius 2 is 2.00 bits per heavy atom. The molecule has 142 valence electrons. The maximum Gasteiger partial charge on any atom is 0.321 e. The molecule has 0 unspecified atom stereocenters. The second-order valence-electron chi connectivity index (χ2n) is 6.75. The van der Waals surface area contributed by atoms with Crippen molar-refractivity contribution in [2.24, 2.45) is 0 Å². The van der Waals surface area contributed by atoms with Crippen LogP contribution < -0.4 is 10.1 Å². The molecule has 0 amide bonds. The Hall–Kier alpha value is -2.31. The first kappa shape index (κ1) is 19.5. The van der Waals surface area contributed by atoms with Crippen molar-refractivity contribution >= 4 is 32.8 Å². The second-order valence-corrected chi connectivity index (χ2v) is 7.67. The van der Waals surface area contributed by atoms with Crippen LogP contribution in [0.25, 0.3) is 10.9 Å². The molecule has 0 aliphatic rings. The lowest BCUT2D eigenvalue weighted by Gasteiger charge is -2.18. The fourth-order valence-corrected chi connectivity index (χ4v) is 3.46. The molecule has 5 nitrogen and oxygen atoms in total. The molecule has 0 fully saturated rings. The molecule has 0 aliphatic heterocycles. The zero-order chi connectivity index (χ0) is 19.4. The van der Waals surface area contributed by atoms with Gasteiger partial charge in [-0.3, -0.25) is 10.1 Å².